The predicted molar refractivity (Wildman–Crippen MR) is 50.1 cm³/mol. The van der Waals surface area contributed by atoms with Crippen molar-refractivity contribution in [3.63, 3.8) is 0 Å². The molecule has 0 saturated heterocycles. The number of hydrogen-bond donors (Lipinski definition) is 0. The van der Waals surface area contributed by atoms with Crippen LogP contribution in [0.2, 0.25) is 0 Å². The average Bonchev–Trinajstić information content (AvgIpc) is 2.17. The highest BCUT2D eigenvalue weighted by Gasteiger charge is 2.22. The molecule has 0 fully saturated rings. The minimum Gasteiger partial charge on any atom is -0.145 e. The fourth-order valence-corrected chi connectivity index (χ4v) is 1.43. The van der Waals surface area contributed by atoms with Crippen molar-refractivity contribution < 1.29 is 9.09 Å². The van der Waals surface area contributed by atoms with Gasteiger partial charge in [-0.25, -0.2) is 0 Å². The zero-order valence-corrected chi connectivity index (χ0v) is 7.75. The van der Waals surface area contributed by atoms with Crippen LogP contribution in [0.15, 0.2) is 36.9 Å². The summed E-state index contributed by atoms with van der Waals surface area (Å²) in [5.74, 6) is 0. The second-order valence-electron chi connectivity index (χ2n) is 2.25. The molecule has 0 heterocycles. The molecule has 3 heteroatoms. The number of rotatable bonds is 3. The molecular weight excluding hydrogens is 171 g/mol. The summed E-state index contributed by atoms with van der Waals surface area (Å²) in [6.45, 7) is 3.69. The fraction of sp³-hybridized carbons (Fsp3) is 0.111. The molecule has 2 nitrogen and oxygen atoms in total. The van der Waals surface area contributed by atoms with Gasteiger partial charge in [0.1, 0.15) is 0 Å². The number of hydrogen-bond acceptors (Lipinski definition) is 2. The van der Waals surface area contributed by atoms with Crippen LogP contribution >= 0.6 is 8.03 Å². The SMILES string of the molecule is C=C(c1ccccc1)[P+](=O)OC. The molecule has 1 aromatic rings. The minimum atomic E-state index is -1.76. The van der Waals surface area contributed by atoms with Crippen LogP contribution in [-0.4, -0.2) is 7.11 Å². The summed E-state index contributed by atoms with van der Waals surface area (Å²) in [5, 5.41) is 0.535. The molecule has 0 N–H and O–H groups in total. The van der Waals surface area contributed by atoms with Crippen LogP contribution in [0.1, 0.15) is 5.56 Å². The first-order valence-corrected chi connectivity index (χ1v) is 4.69. The van der Waals surface area contributed by atoms with Crippen LogP contribution in [0, 0.1) is 0 Å². The third-order valence-corrected chi connectivity index (χ3v) is 2.52. The van der Waals surface area contributed by atoms with Gasteiger partial charge in [0, 0.05) is 5.56 Å². The average molecular weight is 181 g/mol. The van der Waals surface area contributed by atoms with Crippen molar-refractivity contribution >= 4 is 13.3 Å². The molecule has 1 aromatic carbocycles. The molecule has 0 amide bonds. The smallest absolute Gasteiger partial charge is 0.145 e. The first-order valence-electron chi connectivity index (χ1n) is 3.51. The van der Waals surface area contributed by atoms with Gasteiger partial charge in [0.25, 0.3) is 0 Å². The minimum absolute atomic E-state index is 0.535. The van der Waals surface area contributed by atoms with Gasteiger partial charge in [0.05, 0.1) is 7.11 Å². The lowest BCUT2D eigenvalue weighted by Gasteiger charge is -1.90. The van der Waals surface area contributed by atoms with Crippen molar-refractivity contribution in [2.24, 2.45) is 0 Å². The topological polar surface area (TPSA) is 26.3 Å². The Morgan fingerprint density at radius 1 is 1.42 bits per heavy atom. The lowest BCUT2D eigenvalue weighted by atomic mass is 10.2. The van der Waals surface area contributed by atoms with Crippen molar-refractivity contribution in [2.45, 2.75) is 0 Å². The van der Waals surface area contributed by atoms with Gasteiger partial charge in [-0.3, -0.25) is 0 Å². The maximum Gasteiger partial charge on any atom is 0.548 e. The Kier molecular flexibility index (Phi) is 3.15. The van der Waals surface area contributed by atoms with Crippen LogP contribution in [0.3, 0.4) is 0 Å². The fourth-order valence-electron chi connectivity index (χ4n) is 0.846. The highest BCUT2D eigenvalue weighted by Crippen LogP contribution is 2.38. The van der Waals surface area contributed by atoms with E-state index in [-0.39, 0.29) is 0 Å². The zero-order chi connectivity index (χ0) is 8.97. The second-order valence-corrected chi connectivity index (χ2v) is 3.67. The van der Waals surface area contributed by atoms with E-state index in [0.717, 1.165) is 5.56 Å². The molecule has 0 radical (unpaired) electrons. The Morgan fingerprint density at radius 2 is 2.00 bits per heavy atom. The quantitative estimate of drug-likeness (QED) is 0.670. The molecule has 0 saturated carbocycles. The van der Waals surface area contributed by atoms with E-state index in [1.54, 1.807) is 0 Å². The monoisotopic (exact) mass is 181 g/mol. The molecule has 0 aliphatic rings. The Balaban J connectivity index is 2.86. The first kappa shape index (κ1) is 9.11. The predicted octanol–water partition coefficient (Wildman–Crippen LogP) is 3.05. The van der Waals surface area contributed by atoms with E-state index >= 15 is 0 Å². The van der Waals surface area contributed by atoms with Crippen LogP contribution in [0.25, 0.3) is 5.31 Å². The van der Waals surface area contributed by atoms with E-state index in [2.05, 4.69) is 11.1 Å². The van der Waals surface area contributed by atoms with E-state index in [4.69, 9.17) is 0 Å². The highest BCUT2D eigenvalue weighted by atomic mass is 31.1. The molecule has 0 aliphatic heterocycles. The maximum atomic E-state index is 11.1. The molecule has 12 heavy (non-hydrogen) atoms. The van der Waals surface area contributed by atoms with Gasteiger partial charge < -0.3 is 0 Å². The summed E-state index contributed by atoms with van der Waals surface area (Å²) in [4.78, 5) is 0. The molecule has 1 rings (SSSR count). The van der Waals surface area contributed by atoms with Gasteiger partial charge >= 0.3 is 8.03 Å². The van der Waals surface area contributed by atoms with Crippen LogP contribution in [0.5, 0.6) is 0 Å². The molecule has 0 bridgehead atoms. The van der Waals surface area contributed by atoms with Gasteiger partial charge in [-0.1, -0.05) is 30.3 Å². The van der Waals surface area contributed by atoms with E-state index in [1.807, 2.05) is 30.3 Å². The zero-order valence-electron chi connectivity index (χ0n) is 6.86. The van der Waals surface area contributed by atoms with Crippen molar-refractivity contribution in [1.82, 2.24) is 0 Å². The normalized spacial score (nSPS) is 10.9. The molecule has 62 valence electrons. The number of benzene rings is 1. The molecule has 0 aliphatic carbocycles. The van der Waals surface area contributed by atoms with E-state index in [9.17, 15) is 4.57 Å². The first-order chi connectivity index (χ1) is 5.75. The van der Waals surface area contributed by atoms with Crippen LogP contribution in [0.4, 0.5) is 0 Å². The summed E-state index contributed by atoms with van der Waals surface area (Å²) in [6, 6.07) is 9.36. The summed E-state index contributed by atoms with van der Waals surface area (Å²) >= 11 is 0. The van der Waals surface area contributed by atoms with Crippen molar-refractivity contribution in [3.05, 3.63) is 42.5 Å². The lowest BCUT2D eigenvalue weighted by molar-refractivity contribution is 0.424. The summed E-state index contributed by atoms with van der Waals surface area (Å²) in [7, 11) is -0.351. The molecule has 1 unspecified atom stereocenters. The van der Waals surface area contributed by atoms with E-state index in [0.29, 0.717) is 5.31 Å². The summed E-state index contributed by atoms with van der Waals surface area (Å²) < 4.78 is 15.8. The van der Waals surface area contributed by atoms with Crippen molar-refractivity contribution in [3.8, 4) is 0 Å². The second kappa shape index (κ2) is 4.15. The third kappa shape index (κ3) is 2.00. The molecular formula is C9H10O2P+. The maximum absolute atomic E-state index is 11.1. The third-order valence-electron chi connectivity index (χ3n) is 1.49. The Labute approximate surface area is 72.7 Å². The van der Waals surface area contributed by atoms with E-state index in [1.165, 1.54) is 7.11 Å². The van der Waals surface area contributed by atoms with Gasteiger partial charge in [-0.05, 0) is 11.1 Å². The Bertz CT molecular complexity index is 293. The van der Waals surface area contributed by atoms with Gasteiger partial charge in [0.15, 0.2) is 0 Å². The van der Waals surface area contributed by atoms with Gasteiger partial charge in [-0.2, -0.15) is 0 Å². The molecule has 0 aromatic heterocycles. The largest absolute Gasteiger partial charge is 0.548 e. The van der Waals surface area contributed by atoms with Gasteiger partial charge in [-0.15, -0.1) is 4.52 Å². The lowest BCUT2D eigenvalue weighted by Crippen LogP contribution is -1.77. The standard InChI is InChI=1S/C9H10O2P/c1-8(12(10)11-2)9-6-4-3-5-7-9/h3-7H,1H2,2H3/q+1. The van der Waals surface area contributed by atoms with Crippen molar-refractivity contribution in [1.29, 1.82) is 0 Å². The van der Waals surface area contributed by atoms with Crippen molar-refractivity contribution in [2.75, 3.05) is 7.11 Å². The highest BCUT2D eigenvalue weighted by molar-refractivity contribution is 7.51. The molecule has 1 atom stereocenters. The summed E-state index contributed by atoms with van der Waals surface area (Å²) in [5.41, 5.74) is 0.862. The van der Waals surface area contributed by atoms with E-state index < -0.39 is 8.03 Å². The van der Waals surface area contributed by atoms with Crippen LogP contribution in [-0.2, 0) is 9.09 Å². The van der Waals surface area contributed by atoms with Gasteiger partial charge in [0.2, 0.25) is 5.31 Å². The van der Waals surface area contributed by atoms with Crippen LogP contribution < -0.4 is 0 Å². The Hall–Kier alpha value is -0.980. The summed E-state index contributed by atoms with van der Waals surface area (Å²) in [6.07, 6.45) is 0. The Morgan fingerprint density at radius 3 is 2.50 bits per heavy atom. The molecule has 0 spiro atoms.